The summed E-state index contributed by atoms with van der Waals surface area (Å²) in [5.74, 6) is 0. The number of allylic oxidation sites excluding steroid dienone is 5. The second-order valence-electron chi connectivity index (χ2n) is 13.4. The average Bonchev–Trinajstić information content (AvgIpc) is 3.77. The Morgan fingerprint density at radius 3 is 2.00 bits per heavy atom. The minimum absolute atomic E-state index is 0.0853. The van der Waals surface area contributed by atoms with E-state index in [1.807, 2.05) is 30.4 Å². The van der Waals surface area contributed by atoms with Crippen molar-refractivity contribution in [1.82, 2.24) is 0 Å². The maximum atomic E-state index is 12.0. The Hall–Kier alpha value is -4.32. The first kappa shape index (κ1) is 37.0. The molecule has 11 heteroatoms. The molecule has 0 aliphatic carbocycles. The van der Waals surface area contributed by atoms with E-state index < -0.39 is 25.7 Å². The molecule has 0 bridgehead atoms. The molecule has 5 aromatic rings. The van der Waals surface area contributed by atoms with Crippen LogP contribution in [0.1, 0.15) is 54.1 Å². The van der Waals surface area contributed by atoms with Crippen LogP contribution in [0.25, 0.3) is 39.1 Å². The van der Waals surface area contributed by atoms with Crippen LogP contribution in [-0.4, -0.2) is 50.7 Å². The molecule has 4 heterocycles. The normalized spacial score (nSPS) is 16.4. The Bertz CT molecular complexity index is 2670. The number of rotatable bonds is 9. The van der Waals surface area contributed by atoms with Gasteiger partial charge in [0.05, 0.1) is 0 Å². The summed E-state index contributed by atoms with van der Waals surface area (Å²) in [6.45, 7) is 8.52. The van der Waals surface area contributed by atoms with Gasteiger partial charge in [-0.05, 0) is 0 Å². The first-order valence-corrected chi connectivity index (χ1v) is 22.3. The monoisotopic (exact) mass is 827 g/mol. The van der Waals surface area contributed by atoms with E-state index in [-0.39, 0.29) is 24.3 Å². The predicted molar refractivity (Wildman–Crippen MR) is 216 cm³/mol. The predicted octanol–water partition coefficient (Wildman–Crippen LogP) is 9.80. The summed E-state index contributed by atoms with van der Waals surface area (Å²) in [7, 11) is -8.60. The fraction of sp³-hybridized carbons (Fsp3) is 0.143. The number of fused-ring (bicyclic) bond motifs is 2. The SMILES string of the molecule is CCC1=C(C)C(=Cc2ccc(C=CC=Cc3cc(-c4ccccc4)[s+]c(-c4ccc(S(=O)(=O)O)cc4)c3)[se]2)C2=[N+]1c1ccc(S(=O)(=O)O)cc1C2(C)C. The van der Waals surface area contributed by atoms with Crippen molar-refractivity contribution >= 4 is 75.7 Å². The molecule has 2 aliphatic heterocycles. The van der Waals surface area contributed by atoms with Gasteiger partial charge in [0.2, 0.25) is 0 Å². The Labute approximate surface area is 320 Å². The number of benzene rings is 3. The van der Waals surface area contributed by atoms with E-state index in [9.17, 15) is 25.9 Å². The van der Waals surface area contributed by atoms with Crippen LogP contribution in [0.15, 0.2) is 136 Å². The van der Waals surface area contributed by atoms with Gasteiger partial charge in [-0.2, -0.15) is 8.42 Å². The van der Waals surface area contributed by atoms with Crippen LogP contribution in [0.4, 0.5) is 5.69 Å². The van der Waals surface area contributed by atoms with Gasteiger partial charge in [0, 0.05) is 0 Å². The summed E-state index contributed by atoms with van der Waals surface area (Å²) in [5.41, 5.74) is 8.98. The van der Waals surface area contributed by atoms with E-state index in [2.05, 4.69) is 86.9 Å². The molecule has 268 valence electrons. The van der Waals surface area contributed by atoms with Crippen LogP contribution in [-0.2, 0) is 25.7 Å². The number of hydrogen-bond donors (Lipinski definition) is 2. The van der Waals surface area contributed by atoms with Gasteiger partial charge >= 0.3 is 299 Å². The quantitative estimate of drug-likeness (QED) is 0.0504. The second-order valence-corrected chi connectivity index (χ2v) is 19.7. The number of nitrogens with zero attached hydrogens (tertiary/aromatic N) is 1. The van der Waals surface area contributed by atoms with Crippen molar-refractivity contribution in [2.45, 2.75) is 49.3 Å². The van der Waals surface area contributed by atoms with E-state index in [0.717, 1.165) is 55.4 Å². The first-order chi connectivity index (χ1) is 25.1. The summed E-state index contributed by atoms with van der Waals surface area (Å²) < 4.78 is 71.1. The van der Waals surface area contributed by atoms with Crippen LogP contribution in [0.5, 0.6) is 0 Å². The third-order valence-corrected chi connectivity index (χ3v) is 14.6. The number of hydrogen-bond acceptors (Lipinski definition) is 4. The zero-order chi connectivity index (χ0) is 37.7. The van der Waals surface area contributed by atoms with Crippen LogP contribution in [0.2, 0.25) is 0 Å². The third kappa shape index (κ3) is 7.31. The zero-order valence-electron chi connectivity index (χ0n) is 29.4. The topological polar surface area (TPSA) is 112 Å². The van der Waals surface area contributed by atoms with Crippen molar-refractivity contribution in [2.24, 2.45) is 0 Å². The molecule has 53 heavy (non-hydrogen) atoms. The molecular weight excluding hydrogens is 790 g/mol. The van der Waals surface area contributed by atoms with Gasteiger partial charge in [-0.3, -0.25) is 4.55 Å². The summed E-state index contributed by atoms with van der Waals surface area (Å²) in [5, 5.41) is 0. The third-order valence-electron chi connectivity index (χ3n) is 9.60. The fourth-order valence-corrected chi connectivity index (χ4v) is 11.0. The van der Waals surface area contributed by atoms with Gasteiger partial charge < -0.3 is 0 Å². The molecule has 0 fully saturated rings. The maximum absolute atomic E-state index is 12.0. The van der Waals surface area contributed by atoms with Crippen molar-refractivity contribution in [2.75, 3.05) is 0 Å². The Kier molecular flexibility index (Phi) is 9.88. The summed E-state index contributed by atoms with van der Waals surface area (Å²) in [4.78, 5) is 1.80. The zero-order valence-corrected chi connectivity index (χ0v) is 33.6. The summed E-state index contributed by atoms with van der Waals surface area (Å²) >= 11 is 1.69. The van der Waals surface area contributed by atoms with Crippen molar-refractivity contribution in [3.8, 4) is 20.9 Å². The molecule has 0 atom stereocenters. The molecular formula is C42H37NO6S3Se+2. The molecule has 0 saturated heterocycles. The molecule has 2 aliphatic rings. The second kappa shape index (κ2) is 14.2. The van der Waals surface area contributed by atoms with Crippen LogP contribution in [0.3, 0.4) is 0 Å². The van der Waals surface area contributed by atoms with E-state index in [0.29, 0.717) is 0 Å². The Morgan fingerprint density at radius 2 is 1.36 bits per heavy atom. The molecule has 0 amide bonds. The molecule has 3 aromatic carbocycles. The van der Waals surface area contributed by atoms with Gasteiger partial charge in [0.1, 0.15) is 0 Å². The van der Waals surface area contributed by atoms with Crippen molar-refractivity contribution in [1.29, 1.82) is 0 Å². The summed E-state index contributed by atoms with van der Waals surface area (Å²) in [6, 6.07) is 29.8. The van der Waals surface area contributed by atoms with E-state index in [4.69, 9.17) is 0 Å². The molecule has 2 N–H and O–H groups in total. The molecule has 7 nitrogen and oxygen atoms in total. The molecule has 0 radical (unpaired) electrons. The van der Waals surface area contributed by atoms with Gasteiger partial charge in [-0.1, -0.05) is 0 Å². The standard InChI is InChI=1S/C42H35NO6S3Se/c1-5-37-27(2)35(41-42(3,4)36-25-32(52(47,48)49)19-22-38(36)43(37)41)26-34-21-20-33(53-34)14-10-9-11-28-23-39(29-12-7-6-8-13-29)50-40(24-28)30-15-17-31(18-16-30)51(44,45)46/h6-26H,5H2,1-4H3/p+2. The van der Waals surface area contributed by atoms with Crippen molar-refractivity contribution in [3.63, 3.8) is 0 Å². The fourth-order valence-electron chi connectivity index (χ4n) is 7.03. The van der Waals surface area contributed by atoms with Gasteiger partial charge in [-0.15, -0.1) is 0 Å². The van der Waals surface area contributed by atoms with Crippen molar-refractivity contribution in [3.05, 3.63) is 146 Å². The molecule has 7 rings (SSSR count). The van der Waals surface area contributed by atoms with Crippen LogP contribution < -0.4 is 0 Å². The van der Waals surface area contributed by atoms with Crippen LogP contribution >= 0.6 is 11.3 Å². The van der Waals surface area contributed by atoms with Gasteiger partial charge in [0.15, 0.2) is 0 Å². The molecule has 0 unspecified atom stereocenters. The van der Waals surface area contributed by atoms with Gasteiger partial charge in [-0.25, -0.2) is 0 Å². The average molecular weight is 827 g/mol. The Balaban J connectivity index is 1.16. The molecule has 0 spiro atoms. The van der Waals surface area contributed by atoms with E-state index >= 15 is 0 Å². The van der Waals surface area contributed by atoms with E-state index in [1.165, 1.54) is 38.3 Å². The molecule has 0 saturated carbocycles. The van der Waals surface area contributed by atoms with Crippen molar-refractivity contribution < 1.29 is 30.5 Å². The van der Waals surface area contributed by atoms with Crippen LogP contribution in [0, 0.1) is 0 Å². The minimum atomic E-state index is -4.33. The molecule has 2 aromatic heterocycles. The van der Waals surface area contributed by atoms with E-state index in [1.54, 1.807) is 35.6 Å². The summed E-state index contributed by atoms with van der Waals surface area (Å²) in [6.07, 6.45) is 11.4. The Morgan fingerprint density at radius 1 is 0.755 bits per heavy atom. The first-order valence-electron chi connectivity index (χ1n) is 16.9. The van der Waals surface area contributed by atoms with Gasteiger partial charge in [0.25, 0.3) is 10.1 Å².